The van der Waals surface area contributed by atoms with Crippen LogP contribution in [0.2, 0.25) is 5.02 Å². The van der Waals surface area contributed by atoms with Crippen molar-refractivity contribution in [3.8, 4) is 0 Å². The third-order valence-corrected chi connectivity index (χ3v) is 4.78. The number of nitrogen functional groups attached to an aromatic ring is 1. The largest absolute Gasteiger partial charge is 0.382 e. The van der Waals surface area contributed by atoms with Gasteiger partial charge in [0.25, 0.3) is 0 Å². The van der Waals surface area contributed by atoms with Gasteiger partial charge in [-0.3, -0.25) is 4.98 Å². The molecule has 2 N–H and O–H groups in total. The average molecular weight is 313 g/mol. The SMILES string of the molecule is CN(Cc1ccncc1)S(=O)(=O)c1cnc(N)c(Cl)c1. The monoisotopic (exact) mass is 312 g/mol. The summed E-state index contributed by atoms with van der Waals surface area (Å²) in [6, 6.07) is 4.79. The van der Waals surface area contributed by atoms with E-state index in [9.17, 15) is 8.42 Å². The summed E-state index contributed by atoms with van der Waals surface area (Å²) in [4.78, 5) is 7.66. The smallest absolute Gasteiger partial charge is 0.244 e. The normalized spacial score (nSPS) is 11.8. The molecule has 0 saturated carbocycles. The van der Waals surface area contributed by atoms with Gasteiger partial charge >= 0.3 is 0 Å². The van der Waals surface area contributed by atoms with Crippen molar-refractivity contribution in [2.45, 2.75) is 11.4 Å². The van der Waals surface area contributed by atoms with Crippen LogP contribution in [-0.4, -0.2) is 29.7 Å². The lowest BCUT2D eigenvalue weighted by atomic mass is 10.3. The minimum Gasteiger partial charge on any atom is -0.382 e. The summed E-state index contributed by atoms with van der Waals surface area (Å²) in [5.41, 5.74) is 6.31. The molecule has 0 unspecified atom stereocenters. The molecule has 6 nitrogen and oxygen atoms in total. The average Bonchev–Trinajstić information content (AvgIpc) is 2.42. The Bertz CT molecular complexity index is 707. The van der Waals surface area contributed by atoms with Gasteiger partial charge in [-0.25, -0.2) is 13.4 Å². The van der Waals surface area contributed by atoms with Crippen molar-refractivity contribution in [2.24, 2.45) is 0 Å². The molecular weight excluding hydrogens is 300 g/mol. The lowest BCUT2D eigenvalue weighted by Gasteiger charge is -2.17. The summed E-state index contributed by atoms with van der Waals surface area (Å²) in [5, 5.41) is 0.114. The minimum absolute atomic E-state index is 0.00764. The zero-order valence-electron chi connectivity index (χ0n) is 10.7. The summed E-state index contributed by atoms with van der Waals surface area (Å²) >= 11 is 5.81. The molecule has 0 aliphatic rings. The third-order valence-electron chi connectivity index (χ3n) is 2.71. The van der Waals surface area contributed by atoms with E-state index in [2.05, 4.69) is 9.97 Å². The van der Waals surface area contributed by atoms with Gasteiger partial charge in [0, 0.05) is 32.2 Å². The number of hydrogen-bond acceptors (Lipinski definition) is 5. The van der Waals surface area contributed by atoms with Crippen LogP contribution in [-0.2, 0) is 16.6 Å². The minimum atomic E-state index is -3.67. The van der Waals surface area contributed by atoms with Gasteiger partial charge in [-0.05, 0) is 23.8 Å². The van der Waals surface area contributed by atoms with Crippen LogP contribution in [0.4, 0.5) is 5.82 Å². The Kier molecular flexibility index (Phi) is 4.22. The second-order valence-electron chi connectivity index (χ2n) is 4.15. The molecule has 20 heavy (non-hydrogen) atoms. The van der Waals surface area contributed by atoms with Gasteiger partial charge in [0.05, 0.1) is 5.02 Å². The number of sulfonamides is 1. The summed E-state index contributed by atoms with van der Waals surface area (Å²) < 4.78 is 26.0. The Morgan fingerprint density at radius 1 is 1.35 bits per heavy atom. The lowest BCUT2D eigenvalue weighted by molar-refractivity contribution is 0.466. The van der Waals surface area contributed by atoms with Crippen LogP contribution >= 0.6 is 11.6 Å². The molecule has 2 aromatic heterocycles. The van der Waals surface area contributed by atoms with Crippen molar-refractivity contribution in [1.29, 1.82) is 0 Å². The van der Waals surface area contributed by atoms with Crippen LogP contribution in [0, 0.1) is 0 Å². The van der Waals surface area contributed by atoms with E-state index in [1.165, 1.54) is 23.6 Å². The molecule has 0 aliphatic carbocycles. The highest BCUT2D eigenvalue weighted by atomic mass is 35.5. The second kappa shape index (κ2) is 5.74. The molecule has 0 saturated heterocycles. The molecule has 2 heterocycles. The molecule has 2 aromatic rings. The van der Waals surface area contributed by atoms with Gasteiger partial charge in [-0.15, -0.1) is 0 Å². The van der Waals surface area contributed by atoms with Gasteiger partial charge in [0.15, 0.2) is 0 Å². The highest BCUT2D eigenvalue weighted by molar-refractivity contribution is 7.89. The highest BCUT2D eigenvalue weighted by Crippen LogP contribution is 2.22. The molecule has 0 fully saturated rings. The van der Waals surface area contributed by atoms with Gasteiger partial charge in [0.2, 0.25) is 10.0 Å². The maximum Gasteiger partial charge on any atom is 0.244 e. The highest BCUT2D eigenvalue weighted by Gasteiger charge is 2.22. The van der Waals surface area contributed by atoms with E-state index in [1.807, 2.05) is 0 Å². The van der Waals surface area contributed by atoms with Gasteiger partial charge < -0.3 is 5.73 Å². The van der Waals surface area contributed by atoms with Crippen molar-refractivity contribution in [3.05, 3.63) is 47.4 Å². The Morgan fingerprint density at radius 3 is 2.60 bits per heavy atom. The summed E-state index contributed by atoms with van der Waals surface area (Å²) in [7, 11) is -2.18. The predicted octanol–water partition coefficient (Wildman–Crippen LogP) is 1.53. The molecule has 2 rings (SSSR count). The van der Waals surface area contributed by atoms with Crippen LogP contribution in [0.15, 0.2) is 41.7 Å². The van der Waals surface area contributed by atoms with Crippen LogP contribution < -0.4 is 5.73 Å². The number of nitrogens with zero attached hydrogens (tertiary/aromatic N) is 3. The fraction of sp³-hybridized carbons (Fsp3) is 0.167. The van der Waals surface area contributed by atoms with Gasteiger partial charge in [-0.2, -0.15) is 4.31 Å². The molecule has 0 aromatic carbocycles. The van der Waals surface area contributed by atoms with Crippen LogP contribution in [0.3, 0.4) is 0 Å². The van der Waals surface area contributed by atoms with Crippen molar-refractivity contribution in [1.82, 2.24) is 14.3 Å². The standard InChI is InChI=1S/C12H13ClN4O2S/c1-17(8-9-2-4-15-5-3-9)20(18,19)10-6-11(13)12(14)16-7-10/h2-7H,8H2,1H3,(H2,14,16). The first-order chi connectivity index (χ1) is 9.41. The number of rotatable bonds is 4. The molecule has 0 amide bonds. The number of nitrogens with two attached hydrogens (primary N) is 1. The van der Waals surface area contributed by atoms with Gasteiger partial charge in [0.1, 0.15) is 10.7 Å². The Labute approximate surface area is 122 Å². The first-order valence-corrected chi connectivity index (χ1v) is 7.49. The van der Waals surface area contributed by atoms with E-state index < -0.39 is 10.0 Å². The van der Waals surface area contributed by atoms with E-state index in [1.54, 1.807) is 24.5 Å². The van der Waals surface area contributed by atoms with Crippen LogP contribution in [0.25, 0.3) is 0 Å². The molecule has 0 aliphatic heterocycles. The van der Waals surface area contributed by atoms with Crippen molar-refractivity contribution in [2.75, 3.05) is 12.8 Å². The molecule has 106 valence electrons. The van der Waals surface area contributed by atoms with Gasteiger partial charge in [-0.1, -0.05) is 11.6 Å². The van der Waals surface area contributed by atoms with Crippen molar-refractivity contribution >= 4 is 27.4 Å². The zero-order valence-corrected chi connectivity index (χ0v) is 12.3. The first-order valence-electron chi connectivity index (χ1n) is 5.67. The maximum atomic E-state index is 12.4. The summed E-state index contributed by atoms with van der Waals surface area (Å²) in [5.74, 6) is 0.0994. The topological polar surface area (TPSA) is 89.2 Å². The van der Waals surface area contributed by atoms with E-state index in [-0.39, 0.29) is 22.3 Å². The molecule has 0 radical (unpaired) electrons. The van der Waals surface area contributed by atoms with Crippen LogP contribution in [0.5, 0.6) is 0 Å². The number of aromatic nitrogens is 2. The predicted molar refractivity (Wildman–Crippen MR) is 76.5 cm³/mol. The number of hydrogen-bond donors (Lipinski definition) is 1. The maximum absolute atomic E-state index is 12.4. The van der Waals surface area contributed by atoms with E-state index in [4.69, 9.17) is 17.3 Å². The number of pyridine rings is 2. The molecule has 0 atom stereocenters. The fourth-order valence-corrected chi connectivity index (χ4v) is 2.94. The zero-order chi connectivity index (χ0) is 14.8. The van der Waals surface area contributed by atoms with E-state index >= 15 is 0 Å². The fourth-order valence-electron chi connectivity index (χ4n) is 1.58. The molecule has 8 heteroatoms. The summed E-state index contributed by atoms with van der Waals surface area (Å²) in [6.45, 7) is 0.229. The molecule has 0 spiro atoms. The quantitative estimate of drug-likeness (QED) is 0.924. The molecular formula is C12H13ClN4O2S. The van der Waals surface area contributed by atoms with Crippen molar-refractivity contribution in [3.63, 3.8) is 0 Å². The van der Waals surface area contributed by atoms with Crippen molar-refractivity contribution < 1.29 is 8.42 Å². The summed E-state index contributed by atoms with van der Waals surface area (Å²) in [6.07, 6.45) is 4.41. The number of halogens is 1. The van der Waals surface area contributed by atoms with Crippen LogP contribution in [0.1, 0.15) is 5.56 Å². The Hall–Kier alpha value is -1.70. The molecule has 0 bridgehead atoms. The van der Waals surface area contributed by atoms with E-state index in [0.29, 0.717) is 0 Å². The second-order valence-corrected chi connectivity index (χ2v) is 6.61. The van der Waals surface area contributed by atoms with E-state index in [0.717, 1.165) is 5.56 Å². The Morgan fingerprint density at radius 2 is 2.00 bits per heavy atom. The third kappa shape index (κ3) is 3.06. The first kappa shape index (κ1) is 14.7. The Balaban J connectivity index is 2.27. The number of anilines is 1. The lowest BCUT2D eigenvalue weighted by Crippen LogP contribution is -2.26.